The van der Waals surface area contributed by atoms with E-state index in [4.69, 9.17) is 0 Å². The minimum Gasteiger partial charge on any atom is -0.311 e. The lowest BCUT2D eigenvalue weighted by molar-refractivity contribution is 0.583. The van der Waals surface area contributed by atoms with Gasteiger partial charge in [0, 0.05) is 55.9 Å². The lowest BCUT2D eigenvalue weighted by Crippen LogP contribution is -2.64. The van der Waals surface area contributed by atoms with Crippen LogP contribution < -0.4 is 26.2 Å². The second kappa shape index (κ2) is 18.7. The minimum atomic E-state index is -0.387. The van der Waals surface area contributed by atoms with E-state index in [1.807, 2.05) is 0 Å². The zero-order valence-corrected chi connectivity index (χ0v) is 51.3. The van der Waals surface area contributed by atoms with Crippen LogP contribution in [0, 0.1) is 0 Å². The van der Waals surface area contributed by atoms with Gasteiger partial charge in [-0.2, -0.15) is 0 Å². The predicted molar refractivity (Wildman–Crippen MR) is 352 cm³/mol. The lowest BCUT2D eigenvalue weighted by Gasteiger charge is -2.46. The van der Waals surface area contributed by atoms with Crippen molar-refractivity contribution in [3.05, 3.63) is 227 Å². The molecule has 408 valence electrons. The van der Waals surface area contributed by atoms with Crippen LogP contribution in [0.1, 0.15) is 157 Å². The first-order valence-corrected chi connectivity index (χ1v) is 29.6. The molecule has 12 rings (SSSR count). The topological polar surface area (TPSA) is 11.4 Å². The molecule has 81 heavy (non-hydrogen) atoms. The van der Waals surface area contributed by atoms with Crippen molar-refractivity contribution >= 4 is 79.0 Å². The SMILES string of the molecule is CC(C)(C)c1ccc(N(c2ccc3c(c2)C(C)(C)c2cc(C(C)(C)C)cc4c2B3c2cc3c5cc(C(C)(C)C)ccc5n(-c5ccccc5)c3cc2N4c2ccc(C(C)(C)C)cc2)c2ccc(C(C)(C)C)cc2-c2ccccc2)cc1. The molecular formula is C77H82BN3. The van der Waals surface area contributed by atoms with E-state index in [0.717, 1.165) is 22.7 Å². The fourth-order valence-electron chi connectivity index (χ4n) is 13.1. The first-order chi connectivity index (χ1) is 38.1. The van der Waals surface area contributed by atoms with Gasteiger partial charge in [0.1, 0.15) is 0 Å². The van der Waals surface area contributed by atoms with Crippen LogP contribution in [0.25, 0.3) is 38.6 Å². The number of nitrogens with zero attached hydrogens (tertiary/aromatic N) is 3. The maximum Gasteiger partial charge on any atom is 0.247 e. The summed E-state index contributed by atoms with van der Waals surface area (Å²) in [6.07, 6.45) is 0. The molecule has 0 atom stereocenters. The highest BCUT2D eigenvalue weighted by molar-refractivity contribution is 6.99. The molecule has 0 fully saturated rings. The monoisotopic (exact) mass is 1060 g/mol. The van der Waals surface area contributed by atoms with E-state index >= 15 is 0 Å². The Balaban J connectivity index is 1.18. The van der Waals surface area contributed by atoms with Gasteiger partial charge in [0.2, 0.25) is 6.71 Å². The molecule has 0 saturated heterocycles. The predicted octanol–water partition coefficient (Wildman–Crippen LogP) is 19.3. The summed E-state index contributed by atoms with van der Waals surface area (Å²) in [6, 6.07) is 73.0. The smallest absolute Gasteiger partial charge is 0.247 e. The summed E-state index contributed by atoms with van der Waals surface area (Å²) in [5, 5.41) is 2.56. The molecule has 0 saturated carbocycles. The Hall–Kier alpha value is -7.56. The average Bonchev–Trinajstić information content (AvgIpc) is 3.99. The Morgan fingerprint density at radius 3 is 1.52 bits per heavy atom. The Morgan fingerprint density at radius 1 is 0.383 bits per heavy atom. The summed E-state index contributed by atoms with van der Waals surface area (Å²) in [5.74, 6) is 0. The molecule has 3 nitrogen and oxygen atoms in total. The molecule has 0 unspecified atom stereocenters. The normalized spacial score (nSPS) is 14.3. The zero-order chi connectivity index (χ0) is 57.5. The average molecular weight is 1060 g/mol. The van der Waals surface area contributed by atoms with Gasteiger partial charge in [0.25, 0.3) is 0 Å². The van der Waals surface area contributed by atoms with Gasteiger partial charge < -0.3 is 14.4 Å². The standard InChI is InChI=1S/C77H82BN3/c1-72(2,3)50-28-34-56(35-29-50)79(66-40-32-52(74(7,8)9)42-59(66)49-24-20-18-21-25-49)58-38-39-64-62(46-58)77(16,17)63-44-54(76(13,14)15)45-70-71(63)78(64)65-47-61-60-43-53(75(10,11)12)33-41-67(60)80(55-26-22-19-23-27-55)68(61)48-69(65)81(70)57-36-30-51(31-37-57)73(4,5)6/h18-48H,1-17H3. The molecule has 10 aromatic rings. The van der Waals surface area contributed by atoms with Crippen LogP contribution in [0.3, 0.4) is 0 Å². The van der Waals surface area contributed by atoms with E-state index in [2.05, 4.69) is 320 Å². The summed E-state index contributed by atoms with van der Waals surface area (Å²) >= 11 is 0. The van der Waals surface area contributed by atoms with E-state index < -0.39 is 0 Å². The second-order valence-electron chi connectivity index (χ2n) is 29.2. The first-order valence-electron chi connectivity index (χ1n) is 29.6. The number of rotatable bonds is 6. The Morgan fingerprint density at radius 2 is 0.914 bits per heavy atom. The van der Waals surface area contributed by atoms with Crippen LogP contribution in [0.5, 0.6) is 0 Å². The van der Waals surface area contributed by atoms with Crippen molar-refractivity contribution in [2.75, 3.05) is 9.80 Å². The molecule has 0 radical (unpaired) electrons. The van der Waals surface area contributed by atoms with Crippen molar-refractivity contribution in [2.45, 2.75) is 150 Å². The molecular weight excluding hydrogens is 978 g/mol. The highest BCUT2D eigenvalue weighted by atomic mass is 15.2. The van der Waals surface area contributed by atoms with E-state index in [9.17, 15) is 0 Å². The molecule has 0 bridgehead atoms. The first kappa shape index (κ1) is 54.1. The molecule has 4 heteroatoms. The van der Waals surface area contributed by atoms with E-state index in [1.165, 1.54) is 105 Å². The number of benzene rings is 9. The third kappa shape index (κ3) is 9.22. The van der Waals surface area contributed by atoms with Crippen molar-refractivity contribution in [3.8, 4) is 16.8 Å². The summed E-state index contributed by atoms with van der Waals surface area (Å²) in [5.41, 5.74) is 26.0. The van der Waals surface area contributed by atoms with Gasteiger partial charge in [-0.15, -0.1) is 0 Å². The van der Waals surface area contributed by atoms with Crippen LogP contribution >= 0.6 is 0 Å². The molecule has 3 heterocycles. The largest absolute Gasteiger partial charge is 0.311 e. The summed E-state index contributed by atoms with van der Waals surface area (Å²) < 4.78 is 2.51. The van der Waals surface area contributed by atoms with Crippen LogP contribution in [0.15, 0.2) is 188 Å². The molecule has 0 aliphatic carbocycles. The Labute approximate surface area is 484 Å². The Bertz CT molecular complexity index is 4070. The summed E-state index contributed by atoms with van der Waals surface area (Å²) in [7, 11) is 0. The summed E-state index contributed by atoms with van der Waals surface area (Å²) in [6.45, 7) is 39.9. The van der Waals surface area contributed by atoms with Gasteiger partial charge in [0.15, 0.2) is 0 Å². The second-order valence-corrected chi connectivity index (χ2v) is 29.2. The number of fused-ring (bicyclic) bond motifs is 7. The van der Waals surface area contributed by atoms with E-state index in [0.29, 0.717) is 0 Å². The van der Waals surface area contributed by atoms with Crippen molar-refractivity contribution in [1.82, 2.24) is 4.57 Å². The van der Waals surface area contributed by atoms with Crippen LogP contribution in [-0.4, -0.2) is 11.3 Å². The maximum absolute atomic E-state index is 2.63. The fraction of sp³-hybridized carbons (Fsp3) is 0.299. The number of anilines is 6. The Kier molecular flexibility index (Phi) is 12.5. The van der Waals surface area contributed by atoms with Crippen LogP contribution in [0.2, 0.25) is 0 Å². The zero-order valence-electron chi connectivity index (χ0n) is 51.3. The number of hydrogen-bond donors (Lipinski definition) is 0. The quantitative estimate of drug-likeness (QED) is 0.154. The van der Waals surface area contributed by atoms with E-state index in [-0.39, 0.29) is 39.2 Å². The van der Waals surface area contributed by atoms with Crippen LogP contribution in [0.4, 0.5) is 34.1 Å². The van der Waals surface area contributed by atoms with Crippen molar-refractivity contribution in [3.63, 3.8) is 0 Å². The van der Waals surface area contributed by atoms with Crippen molar-refractivity contribution in [1.29, 1.82) is 0 Å². The third-order valence-electron chi connectivity index (χ3n) is 18.0. The van der Waals surface area contributed by atoms with Gasteiger partial charge in [-0.25, -0.2) is 0 Å². The molecule has 9 aromatic carbocycles. The van der Waals surface area contributed by atoms with Gasteiger partial charge in [-0.05, 0) is 167 Å². The fourth-order valence-corrected chi connectivity index (χ4v) is 13.1. The number of hydrogen-bond acceptors (Lipinski definition) is 2. The highest BCUT2D eigenvalue weighted by Gasteiger charge is 2.47. The van der Waals surface area contributed by atoms with Gasteiger partial charge in [-0.1, -0.05) is 226 Å². The van der Waals surface area contributed by atoms with Gasteiger partial charge in [-0.3, -0.25) is 0 Å². The molecule has 2 aliphatic rings. The molecule has 2 aliphatic heterocycles. The maximum atomic E-state index is 2.63. The van der Waals surface area contributed by atoms with Crippen molar-refractivity contribution in [2.24, 2.45) is 0 Å². The van der Waals surface area contributed by atoms with Gasteiger partial charge >= 0.3 is 0 Å². The van der Waals surface area contributed by atoms with Gasteiger partial charge in [0.05, 0.1) is 16.7 Å². The van der Waals surface area contributed by atoms with E-state index in [1.54, 1.807) is 0 Å². The third-order valence-corrected chi connectivity index (χ3v) is 18.0. The number of para-hydroxylation sites is 1. The molecule has 0 N–H and O–H groups in total. The molecule has 1 aromatic heterocycles. The minimum absolute atomic E-state index is 0.0135. The van der Waals surface area contributed by atoms with Crippen LogP contribution in [-0.2, 0) is 32.5 Å². The number of aromatic nitrogens is 1. The highest BCUT2D eigenvalue weighted by Crippen LogP contribution is 2.50. The lowest BCUT2D eigenvalue weighted by atomic mass is 9.30. The summed E-state index contributed by atoms with van der Waals surface area (Å²) in [4.78, 5) is 5.17. The van der Waals surface area contributed by atoms with Crippen molar-refractivity contribution < 1.29 is 0 Å². The molecule has 0 amide bonds. The molecule has 0 spiro atoms.